The van der Waals surface area contributed by atoms with Crippen molar-refractivity contribution >= 4 is 18.2 Å². The van der Waals surface area contributed by atoms with Crippen molar-refractivity contribution in [3.05, 3.63) is 32.1 Å². The Kier molecular flexibility index (Phi) is 6.45. The second-order valence-electron chi connectivity index (χ2n) is 5.92. The van der Waals surface area contributed by atoms with Gasteiger partial charge in [0.15, 0.2) is 0 Å². The minimum Gasteiger partial charge on any atom is -0.444 e. The number of H-pyrrole nitrogens is 2. The number of carbonyl (C=O) groups excluding carboxylic acids is 2. The van der Waals surface area contributed by atoms with Gasteiger partial charge in [-0.25, -0.2) is 15.0 Å². The monoisotopic (exact) mass is 339 g/mol. The Hall–Kier alpha value is -2.91. The van der Waals surface area contributed by atoms with Gasteiger partial charge in [-0.3, -0.25) is 14.6 Å². The normalized spacial score (nSPS) is 11.3. The van der Waals surface area contributed by atoms with E-state index in [1.807, 2.05) is 0 Å². The predicted molar refractivity (Wildman–Crippen MR) is 87.0 cm³/mol. The maximum atomic E-state index is 11.6. The molecule has 1 aromatic rings. The second kappa shape index (κ2) is 8.09. The van der Waals surface area contributed by atoms with E-state index in [4.69, 9.17) is 4.74 Å². The van der Waals surface area contributed by atoms with Crippen LogP contribution >= 0.6 is 0 Å². The van der Waals surface area contributed by atoms with E-state index < -0.39 is 28.9 Å². The fraction of sp³-hybridized carbons (Fsp3) is 0.500. The van der Waals surface area contributed by atoms with E-state index in [0.29, 0.717) is 5.69 Å². The highest BCUT2D eigenvalue weighted by atomic mass is 16.6. The quantitative estimate of drug-likeness (QED) is 0.431. The molecule has 0 saturated carbocycles. The summed E-state index contributed by atoms with van der Waals surface area (Å²) in [5, 5.41) is 6.07. The molecule has 0 atom stereocenters. The maximum Gasteiger partial charge on any atom is 0.407 e. The Morgan fingerprint density at radius 1 is 1.25 bits per heavy atom. The van der Waals surface area contributed by atoms with Gasteiger partial charge >= 0.3 is 11.8 Å². The Bertz CT molecular complexity index is 741. The zero-order valence-electron chi connectivity index (χ0n) is 14.0. The molecule has 10 heteroatoms. The van der Waals surface area contributed by atoms with Crippen molar-refractivity contribution in [2.45, 2.75) is 39.7 Å². The van der Waals surface area contributed by atoms with Gasteiger partial charge in [-0.05, 0) is 27.7 Å². The SMILES string of the molecule is Cc1[nH]c(=O)[nH]c(=O)c1C=NNC(=O)CCNC(=O)OC(C)(C)C. The number of amides is 2. The van der Waals surface area contributed by atoms with Gasteiger partial charge in [-0.1, -0.05) is 0 Å². The van der Waals surface area contributed by atoms with E-state index in [1.54, 1.807) is 20.8 Å². The molecule has 10 nitrogen and oxygen atoms in total. The smallest absolute Gasteiger partial charge is 0.407 e. The fourth-order valence-electron chi connectivity index (χ4n) is 1.58. The van der Waals surface area contributed by atoms with Crippen molar-refractivity contribution in [3.63, 3.8) is 0 Å². The number of hydrogen-bond acceptors (Lipinski definition) is 6. The summed E-state index contributed by atoms with van der Waals surface area (Å²) in [6, 6.07) is 0. The van der Waals surface area contributed by atoms with Crippen molar-refractivity contribution in [1.29, 1.82) is 0 Å². The van der Waals surface area contributed by atoms with Gasteiger partial charge in [0.1, 0.15) is 5.60 Å². The topological polar surface area (TPSA) is 146 Å². The largest absolute Gasteiger partial charge is 0.444 e. The molecular formula is C14H21N5O5. The van der Waals surface area contributed by atoms with Crippen LogP contribution in [-0.4, -0.2) is 40.3 Å². The molecule has 1 heterocycles. The number of aromatic nitrogens is 2. The summed E-state index contributed by atoms with van der Waals surface area (Å²) in [5.41, 5.74) is 0.828. The predicted octanol–water partition coefficient (Wildman–Crippen LogP) is -0.263. The van der Waals surface area contributed by atoms with Crippen molar-refractivity contribution < 1.29 is 14.3 Å². The third-order valence-electron chi connectivity index (χ3n) is 2.58. The van der Waals surface area contributed by atoms with Crippen molar-refractivity contribution in [1.82, 2.24) is 20.7 Å². The van der Waals surface area contributed by atoms with Gasteiger partial charge in [0.05, 0.1) is 11.8 Å². The van der Waals surface area contributed by atoms with Crippen LogP contribution in [0.1, 0.15) is 38.4 Å². The molecule has 1 rings (SSSR count). The van der Waals surface area contributed by atoms with Crippen LogP contribution in [0.25, 0.3) is 0 Å². The summed E-state index contributed by atoms with van der Waals surface area (Å²) < 4.78 is 5.02. The number of carbonyl (C=O) groups is 2. The van der Waals surface area contributed by atoms with E-state index in [2.05, 4.69) is 25.8 Å². The van der Waals surface area contributed by atoms with Crippen LogP contribution in [0.3, 0.4) is 0 Å². The summed E-state index contributed by atoms with van der Waals surface area (Å²) in [4.78, 5) is 50.0. The number of ether oxygens (including phenoxy) is 1. The number of aromatic amines is 2. The standard InChI is InChI=1S/C14H21N5O5/c1-8-9(11(21)18-12(22)17-8)7-16-19-10(20)5-6-15-13(23)24-14(2,3)4/h7H,5-6H2,1-4H3,(H,15,23)(H,19,20)(H2,17,18,21,22). The fourth-order valence-corrected chi connectivity index (χ4v) is 1.58. The minimum absolute atomic E-state index is 0.0163. The van der Waals surface area contributed by atoms with Crippen LogP contribution in [0.15, 0.2) is 14.7 Å². The maximum absolute atomic E-state index is 11.6. The molecule has 2 amide bonds. The molecule has 0 radical (unpaired) electrons. The van der Waals surface area contributed by atoms with E-state index >= 15 is 0 Å². The van der Waals surface area contributed by atoms with Gasteiger partial charge < -0.3 is 15.0 Å². The first kappa shape index (κ1) is 19.1. The molecule has 1 aromatic heterocycles. The van der Waals surface area contributed by atoms with Gasteiger partial charge in [0, 0.05) is 18.7 Å². The first-order valence-electron chi connectivity index (χ1n) is 7.20. The molecule has 0 spiro atoms. The number of rotatable bonds is 5. The van der Waals surface area contributed by atoms with Gasteiger partial charge in [-0.15, -0.1) is 0 Å². The molecule has 0 saturated heterocycles. The number of aryl methyl sites for hydroxylation is 1. The Balaban J connectivity index is 2.43. The van der Waals surface area contributed by atoms with Crippen LogP contribution in [0.5, 0.6) is 0 Å². The lowest BCUT2D eigenvalue weighted by Gasteiger charge is -2.19. The van der Waals surface area contributed by atoms with Crippen LogP contribution in [-0.2, 0) is 9.53 Å². The third kappa shape index (κ3) is 6.90. The third-order valence-corrected chi connectivity index (χ3v) is 2.58. The molecule has 0 aromatic carbocycles. The molecule has 132 valence electrons. The van der Waals surface area contributed by atoms with E-state index in [-0.39, 0.29) is 18.5 Å². The van der Waals surface area contributed by atoms with Crippen LogP contribution < -0.4 is 22.0 Å². The lowest BCUT2D eigenvalue weighted by Crippen LogP contribution is -2.34. The Morgan fingerprint density at radius 2 is 1.92 bits per heavy atom. The number of hydrazone groups is 1. The molecule has 0 aliphatic heterocycles. The highest BCUT2D eigenvalue weighted by Crippen LogP contribution is 2.06. The molecule has 0 aliphatic rings. The average Bonchev–Trinajstić information content (AvgIpc) is 2.39. The molecule has 0 bridgehead atoms. The number of nitrogens with one attached hydrogen (secondary N) is 4. The van der Waals surface area contributed by atoms with Gasteiger partial charge in [0.2, 0.25) is 5.91 Å². The summed E-state index contributed by atoms with van der Waals surface area (Å²) >= 11 is 0. The summed E-state index contributed by atoms with van der Waals surface area (Å²) in [6.45, 7) is 6.80. The first-order valence-corrected chi connectivity index (χ1v) is 7.20. The minimum atomic E-state index is -0.619. The molecular weight excluding hydrogens is 318 g/mol. The molecule has 0 aliphatic carbocycles. The molecule has 0 fully saturated rings. The summed E-state index contributed by atoms with van der Waals surface area (Å²) in [5.74, 6) is -0.458. The van der Waals surface area contributed by atoms with Crippen LogP contribution in [0.4, 0.5) is 4.79 Å². The van der Waals surface area contributed by atoms with Crippen molar-refractivity contribution in [2.75, 3.05) is 6.54 Å². The highest BCUT2D eigenvalue weighted by molar-refractivity contribution is 5.83. The Morgan fingerprint density at radius 3 is 2.50 bits per heavy atom. The van der Waals surface area contributed by atoms with Crippen molar-refractivity contribution in [2.24, 2.45) is 5.10 Å². The number of alkyl carbamates (subject to hydrolysis) is 1. The van der Waals surface area contributed by atoms with Crippen molar-refractivity contribution in [3.8, 4) is 0 Å². The number of hydrogen-bond donors (Lipinski definition) is 4. The summed E-state index contributed by atoms with van der Waals surface area (Å²) in [7, 11) is 0. The molecule has 4 N–H and O–H groups in total. The van der Waals surface area contributed by atoms with E-state index in [0.717, 1.165) is 6.21 Å². The Labute approximate surface area is 137 Å². The second-order valence-corrected chi connectivity index (χ2v) is 5.92. The average molecular weight is 339 g/mol. The highest BCUT2D eigenvalue weighted by Gasteiger charge is 2.15. The lowest BCUT2D eigenvalue weighted by atomic mass is 10.2. The van der Waals surface area contributed by atoms with Crippen LogP contribution in [0.2, 0.25) is 0 Å². The van der Waals surface area contributed by atoms with E-state index in [1.165, 1.54) is 6.92 Å². The van der Waals surface area contributed by atoms with E-state index in [9.17, 15) is 19.2 Å². The molecule has 24 heavy (non-hydrogen) atoms. The molecule has 0 unspecified atom stereocenters. The lowest BCUT2D eigenvalue weighted by molar-refractivity contribution is -0.120. The zero-order valence-corrected chi connectivity index (χ0v) is 14.0. The zero-order chi connectivity index (χ0) is 18.3. The van der Waals surface area contributed by atoms with Gasteiger partial charge in [-0.2, -0.15) is 5.10 Å². The number of nitrogens with zero attached hydrogens (tertiary/aromatic N) is 1. The van der Waals surface area contributed by atoms with Gasteiger partial charge in [0.25, 0.3) is 5.56 Å². The first-order chi connectivity index (χ1) is 11.1. The summed E-state index contributed by atoms with van der Waals surface area (Å²) in [6.07, 6.45) is 0.495. The van der Waals surface area contributed by atoms with Crippen LogP contribution in [0, 0.1) is 6.92 Å².